The highest BCUT2D eigenvalue weighted by Gasteiger charge is 2.17. The van der Waals surface area contributed by atoms with Gasteiger partial charge in [-0.1, -0.05) is 0 Å². The molecule has 1 unspecified atom stereocenters. The molecule has 22 heteroatoms. The van der Waals surface area contributed by atoms with Crippen molar-refractivity contribution < 1.29 is 99.5 Å². The molecular formula is C42H85O21P. The van der Waals surface area contributed by atoms with Crippen LogP contribution in [0.1, 0.15) is 26.7 Å². The Balaban J connectivity index is 3.23. The van der Waals surface area contributed by atoms with Crippen molar-refractivity contribution in [2.75, 3.05) is 244 Å². The molecule has 0 aromatic heterocycles. The van der Waals surface area contributed by atoms with Crippen molar-refractivity contribution in [2.45, 2.75) is 26.7 Å². The summed E-state index contributed by atoms with van der Waals surface area (Å²) in [4.78, 5) is 21.3. The van der Waals surface area contributed by atoms with Crippen molar-refractivity contribution >= 4 is 13.3 Å². The van der Waals surface area contributed by atoms with Gasteiger partial charge in [0.2, 0.25) is 7.37 Å². The van der Waals surface area contributed by atoms with Crippen LogP contribution in [0.4, 0.5) is 0 Å². The average Bonchev–Trinajstić information content (AvgIpc) is 3.28. The zero-order valence-corrected chi connectivity index (χ0v) is 40.0. The number of hydrogen-bond acceptors (Lipinski definition) is 20. The normalized spacial score (nSPS) is 12.6. The molecule has 0 aliphatic rings. The second-order valence-corrected chi connectivity index (χ2v) is 15.8. The molecule has 1 N–H and O–H groups in total. The van der Waals surface area contributed by atoms with Crippen LogP contribution in [0.5, 0.6) is 0 Å². The Hall–Kier alpha value is -1.02. The van der Waals surface area contributed by atoms with E-state index in [1.54, 1.807) is 6.92 Å². The quantitative estimate of drug-likeness (QED) is 0.0523. The molecule has 0 spiro atoms. The van der Waals surface area contributed by atoms with Crippen LogP contribution in [-0.2, 0) is 94.6 Å². The molecule has 0 heterocycles. The molecule has 0 aromatic carbocycles. The topological polar surface area (TPSA) is 221 Å². The van der Waals surface area contributed by atoms with Gasteiger partial charge in [-0.2, -0.15) is 0 Å². The molecular weight excluding hydrogens is 871 g/mol. The van der Waals surface area contributed by atoms with Crippen molar-refractivity contribution in [1.82, 2.24) is 0 Å². The highest BCUT2D eigenvalue weighted by atomic mass is 31.2. The summed E-state index contributed by atoms with van der Waals surface area (Å²) >= 11 is 0. The van der Waals surface area contributed by atoms with Crippen molar-refractivity contribution in [1.29, 1.82) is 0 Å². The zero-order valence-electron chi connectivity index (χ0n) is 39.1. The van der Waals surface area contributed by atoms with Crippen molar-refractivity contribution in [3.8, 4) is 0 Å². The van der Waals surface area contributed by atoms with Crippen LogP contribution in [0.3, 0.4) is 0 Å². The first-order valence-electron chi connectivity index (χ1n) is 22.8. The van der Waals surface area contributed by atoms with Crippen LogP contribution in [-0.4, -0.2) is 254 Å². The summed E-state index contributed by atoms with van der Waals surface area (Å²) in [5, 5.41) is 0. The van der Waals surface area contributed by atoms with E-state index in [0.29, 0.717) is 205 Å². The van der Waals surface area contributed by atoms with E-state index in [9.17, 15) is 14.3 Å². The van der Waals surface area contributed by atoms with Crippen LogP contribution < -0.4 is 0 Å². The van der Waals surface area contributed by atoms with E-state index in [0.717, 1.165) is 19.6 Å². The van der Waals surface area contributed by atoms with Crippen LogP contribution in [0.15, 0.2) is 0 Å². The number of rotatable bonds is 57. The predicted molar refractivity (Wildman–Crippen MR) is 235 cm³/mol. The Kier molecular flexibility index (Phi) is 53.7. The minimum absolute atomic E-state index is 0.0534. The third-order valence-corrected chi connectivity index (χ3v) is 9.68. The Morgan fingerprint density at radius 2 is 0.531 bits per heavy atom. The maximum Gasteiger partial charge on any atom is 0.308 e. The number of esters is 1. The van der Waals surface area contributed by atoms with Gasteiger partial charge in [-0.05, 0) is 20.3 Å². The summed E-state index contributed by atoms with van der Waals surface area (Å²) in [5.41, 5.74) is 0. The van der Waals surface area contributed by atoms with Gasteiger partial charge in [-0.15, -0.1) is 0 Å². The summed E-state index contributed by atoms with van der Waals surface area (Å²) in [5.74, 6) is -0.263. The smallest absolute Gasteiger partial charge is 0.308 e. The molecule has 64 heavy (non-hydrogen) atoms. The first-order valence-corrected chi connectivity index (χ1v) is 24.8. The van der Waals surface area contributed by atoms with Crippen molar-refractivity contribution in [2.24, 2.45) is 0 Å². The lowest BCUT2D eigenvalue weighted by atomic mass is 10.5. The molecule has 0 rings (SSSR count). The number of hydrogen-bond donors (Lipinski definition) is 1. The van der Waals surface area contributed by atoms with Crippen molar-refractivity contribution in [3.05, 3.63) is 0 Å². The molecule has 1 atom stereocenters. The average molecular weight is 957 g/mol. The molecule has 0 aliphatic heterocycles. The van der Waals surface area contributed by atoms with Crippen LogP contribution in [0.25, 0.3) is 0 Å². The van der Waals surface area contributed by atoms with Gasteiger partial charge in [0.05, 0.1) is 218 Å². The Labute approximate surface area is 382 Å². The number of ether oxygens (including phenoxy) is 18. The molecule has 0 amide bonds. The maximum atomic E-state index is 12.3. The molecule has 0 radical (unpaired) electrons. The monoisotopic (exact) mass is 957 g/mol. The molecule has 0 saturated heterocycles. The van der Waals surface area contributed by atoms with E-state index >= 15 is 0 Å². The minimum Gasteiger partial charge on any atom is -0.466 e. The first-order chi connectivity index (χ1) is 31.5. The first kappa shape index (κ1) is 63.0. The van der Waals surface area contributed by atoms with E-state index in [-0.39, 0.29) is 37.9 Å². The van der Waals surface area contributed by atoms with Crippen molar-refractivity contribution in [3.63, 3.8) is 0 Å². The number of carbonyl (C=O) groups is 1. The molecule has 0 aliphatic carbocycles. The van der Waals surface area contributed by atoms with Gasteiger partial charge in [-0.3, -0.25) is 9.36 Å². The SMILES string of the molecule is CCOCCCOCCOCCOCCOCCOCCOCCOCCOCCP(=O)(O)CCOCCOCCOCCOCCOCCOCCOCCOCCC(=O)OCC. The van der Waals surface area contributed by atoms with E-state index in [1.165, 1.54) is 0 Å². The third kappa shape index (κ3) is 55.3. The van der Waals surface area contributed by atoms with Gasteiger partial charge < -0.3 is 90.2 Å². The van der Waals surface area contributed by atoms with E-state index in [1.807, 2.05) is 6.92 Å². The largest absolute Gasteiger partial charge is 0.466 e. The summed E-state index contributed by atoms with van der Waals surface area (Å²) in [7, 11) is -3.34. The van der Waals surface area contributed by atoms with Gasteiger partial charge in [-0.25, -0.2) is 0 Å². The molecule has 0 bridgehead atoms. The molecule has 0 saturated carbocycles. The standard InChI is InChI=1S/C42H85O21P/c1-3-46-7-5-8-47-10-12-49-14-16-51-18-20-53-22-24-55-26-28-57-30-32-59-34-36-61-38-40-64(44,45)41-39-62-37-35-60-33-31-58-29-27-56-25-23-54-21-19-52-17-15-50-13-11-48-9-6-42(43)63-4-2/h3-41H2,1-2H3,(H,44,45). The Bertz CT molecular complexity index is 959. The van der Waals surface area contributed by atoms with Crippen LogP contribution >= 0.6 is 7.37 Å². The lowest BCUT2D eigenvalue weighted by Crippen LogP contribution is -2.15. The molecule has 0 fully saturated rings. The fourth-order valence-electron chi connectivity index (χ4n) is 4.61. The van der Waals surface area contributed by atoms with Gasteiger partial charge in [0.1, 0.15) is 0 Å². The highest BCUT2D eigenvalue weighted by molar-refractivity contribution is 7.58. The van der Waals surface area contributed by atoms with E-state index < -0.39 is 7.37 Å². The third-order valence-electron chi connectivity index (χ3n) is 7.92. The van der Waals surface area contributed by atoms with Crippen LogP contribution in [0.2, 0.25) is 0 Å². The lowest BCUT2D eigenvalue weighted by Gasteiger charge is -2.12. The zero-order chi connectivity index (χ0) is 46.4. The fourth-order valence-corrected chi connectivity index (χ4v) is 5.66. The minimum atomic E-state index is -3.34. The summed E-state index contributed by atoms with van der Waals surface area (Å²) in [6, 6.07) is 0. The molecule has 384 valence electrons. The summed E-state index contributed by atoms with van der Waals surface area (Å²) in [6.45, 7) is 19.5. The van der Waals surface area contributed by atoms with Gasteiger partial charge >= 0.3 is 5.97 Å². The van der Waals surface area contributed by atoms with Gasteiger partial charge in [0.25, 0.3) is 0 Å². The van der Waals surface area contributed by atoms with E-state index in [2.05, 4.69) is 0 Å². The highest BCUT2D eigenvalue weighted by Crippen LogP contribution is 2.39. The fraction of sp³-hybridized carbons (Fsp3) is 0.976. The summed E-state index contributed by atoms with van der Waals surface area (Å²) < 4.78 is 110. The Morgan fingerprint density at radius 1 is 0.312 bits per heavy atom. The Morgan fingerprint density at radius 3 is 0.781 bits per heavy atom. The van der Waals surface area contributed by atoms with Gasteiger partial charge in [0, 0.05) is 32.1 Å². The second kappa shape index (κ2) is 54.6. The maximum absolute atomic E-state index is 12.3. The molecule has 0 aromatic rings. The summed E-state index contributed by atoms with van der Waals surface area (Å²) in [6.07, 6.45) is 1.24. The lowest BCUT2D eigenvalue weighted by molar-refractivity contribution is -0.144. The molecule has 21 nitrogen and oxygen atoms in total. The van der Waals surface area contributed by atoms with E-state index in [4.69, 9.17) is 85.3 Å². The predicted octanol–water partition coefficient (Wildman–Crippen LogP) is 1.90. The number of carbonyl (C=O) groups excluding carboxylic acids is 1. The van der Waals surface area contributed by atoms with Crippen LogP contribution in [0, 0.1) is 0 Å². The van der Waals surface area contributed by atoms with Gasteiger partial charge in [0.15, 0.2) is 0 Å². The second-order valence-electron chi connectivity index (χ2n) is 13.2.